The zero-order valence-electron chi connectivity index (χ0n) is 14.6. The number of alkyl halides is 3. The molecule has 26 heavy (non-hydrogen) atoms. The largest absolute Gasteiger partial charge is 0.493 e. The Labute approximate surface area is 149 Å². The molecule has 3 rings (SSSR count). The predicted octanol–water partition coefficient (Wildman–Crippen LogP) is 4.21. The molecule has 1 amide bonds. The summed E-state index contributed by atoms with van der Waals surface area (Å²) < 4.78 is 46.7. The normalized spacial score (nSPS) is 16.9. The van der Waals surface area contributed by atoms with E-state index in [9.17, 15) is 18.0 Å². The van der Waals surface area contributed by atoms with E-state index in [0.717, 1.165) is 10.4 Å². The van der Waals surface area contributed by atoms with Crippen LogP contribution in [-0.2, 0) is 4.79 Å². The summed E-state index contributed by atoms with van der Waals surface area (Å²) in [7, 11) is 0. The van der Waals surface area contributed by atoms with E-state index in [1.807, 2.05) is 19.9 Å². The Morgan fingerprint density at radius 1 is 1.23 bits per heavy atom. The van der Waals surface area contributed by atoms with Crippen LogP contribution in [0, 0.1) is 5.92 Å². The van der Waals surface area contributed by atoms with E-state index in [-0.39, 0.29) is 18.5 Å². The number of carbonyl (C=O) groups excluding carboxylic acids is 1. The second-order valence-electron chi connectivity index (χ2n) is 6.86. The number of halogens is 3. The maximum absolute atomic E-state index is 13.7. The average molecular weight is 366 g/mol. The maximum atomic E-state index is 13.7. The molecule has 1 atom stereocenters. The summed E-state index contributed by atoms with van der Waals surface area (Å²) in [5.41, 5.74) is 2.39. The van der Waals surface area contributed by atoms with Crippen molar-refractivity contribution in [2.24, 2.45) is 5.92 Å². The van der Waals surface area contributed by atoms with Crippen molar-refractivity contribution in [3.63, 3.8) is 0 Å². The molecular formula is C19H21F3N2O2. The fourth-order valence-electron chi connectivity index (χ4n) is 3.06. The predicted molar refractivity (Wildman–Crippen MR) is 92.5 cm³/mol. The van der Waals surface area contributed by atoms with Crippen molar-refractivity contribution < 1.29 is 22.7 Å². The van der Waals surface area contributed by atoms with Gasteiger partial charge in [-0.2, -0.15) is 13.2 Å². The molecule has 140 valence electrons. The molecule has 1 saturated heterocycles. The number of rotatable bonds is 5. The zero-order chi connectivity index (χ0) is 18.9. The van der Waals surface area contributed by atoms with Crippen LogP contribution in [0.15, 0.2) is 36.4 Å². The topological polar surface area (TPSA) is 41.6 Å². The van der Waals surface area contributed by atoms with Crippen molar-refractivity contribution in [1.29, 1.82) is 0 Å². The number of hydrogen-bond acceptors (Lipinski definition) is 3. The SMILES string of the molecule is CC(C)COc1cccc2cc([C@H](N3CCC(=O)N3)C(F)(F)F)ccc12. The van der Waals surface area contributed by atoms with Crippen LogP contribution in [0.5, 0.6) is 5.75 Å². The van der Waals surface area contributed by atoms with Crippen LogP contribution in [0.4, 0.5) is 13.2 Å². The van der Waals surface area contributed by atoms with E-state index >= 15 is 0 Å². The summed E-state index contributed by atoms with van der Waals surface area (Å²) in [6.45, 7) is 4.62. The quantitative estimate of drug-likeness (QED) is 0.862. The second-order valence-corrected chi connectivity index (χ2v) is 6.86. The Hall–Kier alpha value is -2.28. The molecule has 0 unspecified atom stereocenters. The van der Waals surface area contributed by atoms with Crippen LogP contribution in [0.25, 0.3) is 10.8 Å². The van der Waals surface area contributed by atoms with Crippen LogP contribution in [0.2, 0.25) is 0 Å². The Morgan fingerprint density at radius 2 is 2.00 bits per heavy atom. The molecule has 1 aliphatic heterocycles. The molecule has 0 aliphatic carbocycles. The van der Waals surface area contributed by atoms with Gasteiger partial charge in [0.25, 0.3) is 0 Å². The number of nitrogens with one attached hydrogen (secondary N) is 1. The molecule has 0 bridgehead atoms. The molecule has 0 spiro atoms. The third-order valence-corrected chi connectivity index (χ3v) is 4.22. The molecule has 4 nitrogen and oxygen atoms in total. The van der Waals surface area contributed by atoms with Crippen molar-refractivity contribution in [2.45, 2.75) is 32.5 Å². The lowest BCUT2D eigenvalue weighted by Crippen LogP contribution is -2.43. The first kappa shape index (κ1) is 18.5. The minimum absolute atomic E-state index is 0.0264. The Bertz CT molecular complexity index is 805. The third-order valence-electron chi connectivity index (χ3n) is 4.22. The van der Waals surface area contributed by atoms with Gasteiger partial charge in [-0.05, 0) is 29.0 Å². The lowest BCUT2D eigenvalue weighted by molar-refractivity contribution is -0.191. The summed E-state index contributed by atoms with van der Waals surface area (Å²) in [5, 5.41) is 2.40. The Kier molecular flexibility index (Phi) is 5.09. The van der Waals surface area contributed by atoms with Crippen LogP contribution < -0.4 is 10.2 Å². The van der Waals surface area contributed by atoms with Gasteiger partial charge in [0.15, 0.2) is 0 Å². The molecule has 2 aromatic carbocycles. The number of carbonyl (C=O) groups is 1. The van der Waals surface area contributed by atoms with Crippen molar-refractivity contribution in [3.05, 3.63) is 42.0 Å². The summed E-state index contributed by atoms with van der Waals surface area (Å²) in [5.74, 6) is 0.600. The highest BCUT2D eigenvalue weighted by Gasteiger charge is 2.46. The van der Waals surface area contributed by atoms with Gasteiger partial charge < -0.3 is 4.74 Å². The number of benzene rings is 2. The Balaban J connectivity index is 1.97. The van der Waals surface area contributed by atoms with Crippen molar-refractivity contribution in [3.8, 4) is 5.75 Å². The number of hydrogen-bond donors (Lipinski definition) is 1. The van der Waals surface area contributed by atoms with E-state index in [4.69, 9.17) is 4.74 Å². The van der Waals surface area contributed by atoms with E-state index in [0.29, 0.717) is 23.7 Å². The molecular weight excluding hydrogens is 345 g/mol. The van der Waals surface area contributed by atoms with Gasteiger partial charge in [-0.25, -0.2) is 5.01 Å². The fraction of sp³-hybridized carbons (Fsp3) is 0.421. The maximum Gasteiger partial charge on any atom is 0.409 e. The van der Waals surface area contributed by atoms with Gasteiger partial charge in [0.05, 0.1) is 6.61 Å². The zero-order valence-corrected chi connectivity index (χ0v) is 14.6. The molecule has 0 radical (unpaired) electrons. The van der Waals surface area contributed by atoms with Crippen molar-refractivity contribution in [1.82, 2.24) is 10.4 Å². The third kappa shape index (κ3) is 3.93. The lowest BCUT2D eigenvalue weighted by Gasteiger charge is -2.29. The number of ether oxygens (including phenoxy) is 1. The van der Waals surface area contributed by atoms with Gasteiger partial charge in [0.2, 0.25) is 5.91 Å². The first-order valence-electron chi connectivity index (χ1n) is 8.54. The monoisotopic (exact) mass is 366 g/mol. The summed E-state index contributed by atoms with van der Waals surface area (Å²) in [4.78, 5) is 11.4. The Morgan fingerprint density at radius 3 is 2.62 bits per heavy atom. The molecule has 1 N–H and O–H groups in total. The number of amides is 1. The summed E-state index contributed by atoms with van der Waals surface area (Å²) in [6.07, 6.45) is -4.44. The molecule has 1 aliphatic rings. The van der Waals surface area contributed by atoms with Gasteiger partial charge in [-0.3, -0.25) is 10.2 Å². The highest BCUT2D eigenvalue weighted by Crippen LogP contribution is 2.39. The molecule has 0 aromatic heterocycles. The summed E-state index contributed by atoms with van der Waals surface area (Å²) in [6, 6.07) is 8.08. The van der Waals surface area contributed by atoms with Crippen molar-refractivity contribution >= 4 is 16.7 Å². The highest BCUT2D eigenvalue weighted by atomic mass is 19.4. The summed E-state index contributed by atoms with van der Waals surface area (Å²) >= 11 is 0. The number of fused-ring (bicyclic) bond motifs is 1. The number of hydrazine groups is 1. The lowest BCUT2D eigenvalue weighted by atomic mass is 10.0. The first-order valence-corrected chi connectivity index (χ1v) is 8.54. The minimum Gasteiger partial charge on any atom is -0.493 e. The second kappa shape index (κ2) is 7.15. The standard InChI is InChI=1S/C19H21F3N2O2/c1-12(2)11-26-16-5-3-4-13-10-14(6-7-15(13)16)18(19(20,21)22)24-9-8-17(25)23-24/h3-7,10,12,18H,8-9,11H2,1-2H3,(H,23,25)/t18-/m0/s1. The van der Waals surface area contributed by atoms with E-state index < -0.39 is 18.1 Å². The van der Waals surface area contributed by atoms with Gasteiger partial charge in [0, 0.05) is 18.4 Å². The van der Waals surface area contributed by atoms with Crippen LogP contribution >= 0.6 is 0 Å². The van der Waals surface area contributed by atoms with Gasteiger partial charge in [-0.15, -0.1) is 0 Å². The van der Waals surface area contributed by atoms with Gasteiger partial charge in [-0.1, -0.05) is 38.1 Å². The fourth-order valence-corrected chi connectivity index (χ4v) is 3.06. The van der Waals surface area contributed by atoms with Crippen molar-refractivity contribution in [2.75, 3.05) is 13.2 Å². The first-order chi connectivity index (χ1) is 12.3. The average Bonchev–Trinajstić information content (AvgIpc) is 2.97. The van der Waals surface area contributed by atoms with E-state index in [1.165, 1.54) is 12.1 Å². The molecule has 2 aromatic rings. The van der Waals surface area contributed by atoms with Crippen LogP contribution in [0.3, 0.4) is 0 Å². The minimum atomic E-state index is -4.50. The van der Waals surface area contributed by atoms with Gasteiger partial charge in [0.1, 0.15) is 11.8 Å². The molecule has 1 heterocycles. The van der Waals surface area contributed by atoms with E-state index in [2.05, 4.69) is 5.43 Å². The molecule has 1 fully saturated rings. The molecule has 7 heteroatoms. The van der Waals surface area contributed by atoms with Gasteiger partial charge >= 0.3 is 6.18 Å². The van der Waals surface area contributed by atoms with E-state index in [1.54, 1.807) is 18.2 Å². The van der Waals surface area contributed by atoms with Crippen LogP contribution in [0.1, 0.15) is 31.9 Å². The number of nitrogens with zero attached hydrogens (tertiary/aromatic N) is 1. The smallest absolute Gasteiger partial charge is 0.409 e. The van der Waals surface area contributed by atoms with Crippen LogP contribution in [-0.4, -0.2) is 30.2 Å². The highest BCUT2D eigenvalue weighted by molar-refractivity contribution is 5.89. The molecule has 0 saturated carbocycles.